The first-order valence-electron chi connectivity index (χ1n) is 10.9. The Morgan fingerprint density at radius 1 is 1.07 bits per heavy atom. The normalized spacial score (nSPS) is 35.1. The van der Waals surface area contributed by atoms with E-state index >= 15 is 0 Å². The van der Waals surface area contributed by atoms with E-state index in [4.69, 9.17) is 9.47 Å². The molecule has 6 nitrogen and oxygen atoms in total. The second-order valence-electron chi connectivity index (χ2n) is 9.80. The zero-order valence-electron chi connectivity index (χ0n) is 17.3. The highest BCUT2D eigenvalue weighted by molar-refractivity contribution is 5.84. The quantitative estimate of drug-likeness (QED) is 0.817. The summed E-state index contributed by atoms with van der Waals surface area (Å²) in [5.41, 5.74) is 0.478. The maximum Gasteiger partial charge on any atom is 0.226 e. The molecule has 3 atom stereocenters. The molecule has 0 radical (unpaired) electrons. The van der Waals surface area contributed by atoms with Crippen molar-refractivity contribution in [3.63, 3.8) is 0 Å². The molecule has 4 bridgehead atoms. The second-order valence-corrected chi connectivity index (χ2v) is 9.80. The fraction of sp³-hybridized carbons (Fsp3) is 0.652. The molecule has 156 valence electrons. The van der Waals surface area contributed by atoms with Crippen LogP contribution in [-0.4, -0.2) is 30.6 Å². The lowest BCUT2D eigenvalue weighted by molar-refractivity contribution is -0.153. The third-order valence-electron chi connectivity index (χ3n) is 7.40. The van der Waals surface area contributed by atoms with Gasteiger partial charge in [-0.2, -0.15) is 0 Å². The highest BCUT2D eigenvalue weighted by atomic mass is 16.6. The van der Waals surface area contributed by atoms with Gasteiger partial charge in [0.1, 0.15) is 13.2 Å². The highest BCUT2D eigenvalue weighted by Gasteiger charge is 2.60. The van der Waals surface area contributed by atoms with E-state index in [0.29, 0.717) is 25.0 Å². The van der Waals surface area contributed by atoms with E-state index < -0.39 is 0 Å². The first-order chi connectivity index (χ1) is 13.9. The fourth-order valence-corrected chi connectivity index (χ4v) is 6.81. The van der Waals surface area contributed by atoms with Crippen LogP contribution in [0.1, 0.15) is 64.0 Å². The predicted molar refractivity (Wildman–Crippen MR) is 108 cm³/mol. The van der Waals surface area contributed by atoms with Crippen LogP contribution in [0.2, 0.25) is 0 Å². The number of ether oxygens (including phenoxy) is 2. The van der Waals surface area contributed by atoms with E-state index in [0.717, 1.165) is 49.2 Å². The first kappa shape index (κ1) is 18.8. The topological polar surface area (TPSA) is 76.7 Å². The minimum absolute atomic E-state index is 0.0205. The predicted octanol–water partition coefficient (Wildman–Crippen LogP) is 3.11. The minimum atomic E-state index is -0.353. The van der Waals surface area contributed by atoms with Crippen molar-refractivity contribution in [2.45, 2.75) is 64.0 Å². The van der Waals surface area contributed by atoms with Crippen LogP contribution in [0, 0.1) is 17.3 Å². The van der Waals surface area contributed by atoms with Gasteiger partial charge in [-0.25, -0.2) is 0 Å². The summed E-state index contributed by atoms with van der Waals surface area (Å²) >= 11 is 0. The standard InChI is InChI=1S/C23H30N2O4/c1-14(18-3-4-19-20(8-18)29-6-5-28-19)24-21(27)22-9-16-7-17(10-22)12-23(11-16,13-22)25-15(2)26/h3-4,8,14,16-17H,5-7,9-13H2,1-2H3,(H,24,27)(H,25,26)/t14-,16-,17-,22?,23?/m0/s1. The van der Waals surface area contributed by atoms with Crippen LogP contribution < -0.4 is 20.1 Å². The van der Waals surface area contributed by atoms with Crippen molar-refractivity contribution in [2.75, 3.05) is 13.2 Å². The third kappa shape index (κ3) is 3.26. The van der Waals surface area contributed by atoms with E-state index in [1.165, 1.54) is 6.42 Å². The SMILES string of the molecule is CC(=O)NC12C[C@H]3C[C@H](C1)CC(C(=O)N[C@@H](C)c1ccc4c(c1)OCCO4)(C3)C2. The minimum Gasteiger partial charge on any atom is -0.486 e. The lowest BCUT2D eigenvalue weighted by Gasteiger charge is -2.61. The lowest BCUT2D eigenvalue weighted by Crippen LogP contribution is -2.65. The second kappa shape index (κ2) is 6.64. The maximum absolute atomic E-state index is 13.5. The molecule has 1 aromatic rings. The van der Waals surface area contributed by atoms with Gasteiger partial charge in [-0.15, -0.1) is 0 Å². The zero-order valence-corrected chi connectivity index (χ0v) is 17.3. The summed E-state index contributed by atoms with van der Waals surface area (Å²) < 4.78 is 11.3. The summed E-state index contributed by atoms with van der Waals surface area (Å²) in [6, 6.07) is 5.78. The molecule has 1 heterocycles. The Kier molecular flexibility index (Phi) is 4.30. The average Bonchev–Trinajstić information content (AvgIpc) is 2.65. The number of nitrogens with one attached hydrogen (secondary N) is 2. The third-order valence-corrected chi connectivity index (χ3v) is 7.40. The van der Waals surface area contributed by atoms with Gasteiger partial charge in [-0.3, -0.25) is 9.59 Å². The molecule has 0 saturated heterocycles. The average molecular weight is 399 g/mol. The summed E-state index contributed by atoms with van der Waals surface area (Å²) in [5, 5.41) is 6.52. The molecule has 6 heteroatoms. The Hall–Kier alpha value is -2.24. The van der Waals surface area contributed by atoms with Crippen LogP contribution in [0.5, 0.6) is 11.5 Å². The smallest absolute Gasteiger partial charge is 0.226 e. The molecular formula is C23H30N2O4. The van der Waals surface area contributed by atoms with Gasteiger partial charge in [0.15, 0.2) is 11.5 Å². The Balaban J connectivity index is 1.34. The van der Waals surface area contributed by atoms with Crippen molar-refractivity contribution < 1.29 is 19.1 Å². The Morgan fingerprint density at radius 3 is 2.45 bits per heavy atom. The number of amides is 2. The monoisotopic (exact) mass is 398 g/mol. The molecule has 29 heavy (non-hydrogen) atoms. The molecule has 4 fully saturated rings. The van der Waals surface area contributed by atoms with Gasteiger partial charge in [0.25, 0.3) is 0 Å². The molecule has 5 aliphatic rings. The Bertz CT molecular complexity index is 837. The van der Waals surface area contributed by atoms with Crippen molar-refractivity contribution in [3.05, 3.63) is 23.8 Å². The molecule has 4 saturated carbocycles. The van der Waals surface area contributed by atoms with Crippen molar-refractivity contribution in [1.82, 2.24) is 10.6 Å². The van der Waals surface area contributed by atoms with E-state index in [1.807, 2.05) is 25.1 Å². The molecule has 2 N–H and O–H groups in total. The zero-order chi connectivity index (χ0) is 20.2. The first-order valence-corrected chi connectivity index (χ1v) is 10.9. The van der Waals surface area contributed by atoms with Crippen molar-refractivity contribution in [1.29, 1.82) is 0 Å². The van der Waals surface area contributed by atoms with Gasteiger partial charge in [-0.05, 0) is 75.0 Å². The number of hydrogen-bond acceptors (Lipinski definition) is 4. The summed E-state index contributed by atoms with van der Waals surface area (Å²) in [7, 11) is 0. The van der Waals surface area contributed by atoms with Crippen molar-refractivity contribution >= 4 is 11.8 Å². The van der Waals surface area contributed by atoms with Crippen molar-refractivity contribution in [2.24, 2.45) is 17.3 Å². The lowest BCUT2D eigenvalue weighted by atomic mass is 9.46. The number of rotatable bonds is 4. The molecule has 4 aliphatic carbocycles. The summed E-state index contributed by atoms with van der Waals surface area (Å²) in [6.45, 7) is 4.73. The van der Waals surface area contributed by atoms with Gasteiger partial charge in [0.2, 0.25) is 11.8 Å². The molecule has 0 aromatic heterocycles. The van der Waals surface area contributed by atoms with Gasteiger partial charge in [0, 0.05) is 12.5 Å². The van der Waals surface area contributed by atoms with E-state index in [9.17, 15) is 9.59 Å². The van der Waals surface area contributed by atoms with Gasteiger partial charge >= 0.3 is 0 Å². The molecular weight excluding hydrogens is 368 g/mol. The van der Waals surface area contributed by atoms with Gasteiger partial charge in [-0.1, -0.05) is 6.07 Å². The van der Waals surface area contributed by atoms with E-state index in [1.54, 1.807) is 6.92 Å². The highest BCUT2D eigenvalue weighted by Crippen LogP contribution is 2.61. The Labute approximate surface area is 171 Å². The van der Waals surface area contributed by atoms with Crippen LogP contribution >= 0.6 is 0 Å². The largest absolute Gasteiger partial charge is 0.486 e. The van der Waals surface area contributed by atoms with Crippen LogP contribution in [-0.2, 0) is 9.59 Å². The molecule has 1 aromatic carbocycles. The summed E-state index contributed by atoms with van der Waals surface area (Å²) in [6.07, 6.45) is 5.92. The molecule has 1 aliphatic heterocycles. The molecule has 2 amide bonds. The molecule has 0 spiro atoms. The number of carbonyl (C=O) groups is 2. The number of fused-ring (bicyclic) bond motifs is 1. The fourth-order valence-electron chi connectivity index (χ4n) is 6.81. The Morgan fingerprint density at radius 2 is 1.76 bits per heavy atom. The number of hydrogen-bond donors (Lipinski definition) is 2. The van der Waals surface area contributed by atoms with E-state index in [-0.39, 0.29) is 28.8 Å². The van der Waals surface area contributed by atoms with Crippen LogP contribution in [0.25, 0.3) is 0 Å². The molecule has 0 unspecified atom stereocenters. The van der Waals surface area contributed by atoms with Crippen LogP contribution in [0.4, 0.5) is 0 Å². The number of carbonyl (C=O) groups excluding carboxylic acids is 2. The van der Waals surface area contributed by atoms with Gasteiger partial charge in [0.05, 0.1) is 11.5 Å². The maximum atomic E-state index is 13.5. The van der Waals surface area contributed by atoms with Crippen molar-refractivity contribution in [3.8, 4) is 11.5 Å². The van der Waals surface area contributed by atoms with Gasteiger partial charge < -0.3 is 20.1 Å². The molecule has 6 rings (SSSR count). The summed E-state index contributed by atoms with van der Waals surface area (Å²) in [5.74, 6) is 2.75. The van der Waals surface area contributed by atoms with Crippen LogP contribution in [0.15, 0.2) is 18.2 Å². The number of benzene rings is 1. The van der Waals surface area contributed by atoms with Crippen LogP contribution in [0.3, 0.4) is 0 Å². The van der Waals surface area contributed by atoms with E-state index in [2.05, 4.69) is 10.6 Å². The summed E-state index contributed by atoms with van der Waals surface area (Å²) in [4.78, 5) is 25.4.